The van der Waals surface area contributed by atoms with Crippen LogP contribution in [0.3, 0.4) is 0 Å². The second kappa shape index (κ2) is 14.7. The Balaban J connectivity index is 0.00000397. The molecule has 0 aliphatic carbocycles. The van der Waals surface area contributed by atoms with Crippen molar-refractivity contribution in [3.8, 4) is 22.5 Å². The Bertz CT molecular complexity index is 2730. The Kier molecular flexibility index (Phi) is 9.20. The molecule has 0 amide bonds. The normalized spacial score (nSPS) is 11.1. The van der Waals surface area contributed by atoms with E-state index in [9.17, 15) is 0 Å². The number of nitrogens with zero attached hydrogens (tertiary/aromatic N) is 2. The van der Waals surface area contributed by atoms with Crippen molar-refractivity contribution < 1.29 is 21.1 Å². The molecule has 2 nitrogen and oxygen atoms in total. The summed E-state index contributed by atoms with van der Waals surface area (Å²) in [5.41, 5.74) is 9.57. The van der Waals surface area contributed by atoms with Gasteiger partial charge in [-0.05, 0) is 89.9 Å². The van der Waals surface area contributed by atoms with E-state index >= 15 is 0 Å². The molecular formula is C52H32N2Pt. The summed E-state index contributed by atoms with van der Waals surface area (Å²) >= 11 is 0. The molecule has 260 valence electrons. The first-order valence-electron chi connectivity index (χ1n) is 18.3. The Morgan fingerprint density at radius 3 is 1.07 bits per heavy atom. The summed E-state index contributed by atoms with van der Waals surface area (Å²) in [5, 5.41) is 9.37. The smallest absolute Gasteiger partial charge is 0.296 e. The maximum atomic E-state index is 5.48. The average Bonchev–Trinajstić information content (AvgIpc) is 3.25. The molecule has 0 fully saturated rings. The fraction of sp³-hybridized carbons (Fsp3) is 0. The van der Waals surface area contributed by atoms with Gasteiger partial charge >= 0.3 is 21.1 Å². The van der Waals surface area contributed by atoms with Crippen LogP contribution in [0.25, 0.3) is 76.8 Å². The molecule has 0 saturated heterocycles. The molecule has 0 bridgehead atoms. The van der Waals surface area contributed by atoms with E-state index in [1.54, 1.807) is 0 Å². The molecule has 2 aromatic heterocycles. The minimum Gasteiger partial charge on any atom is -0.296 e. The molecule has 55 heavy (non-hydrogen) atoms. The minimum atomic E-state index is 0. The molecule has 0 unspecified atom stereocenters. The molecule has 2 heterocycles. The van der Waals surface area contributed by atoms with E-state index in [1.165, 1.54) is 43.1 Å². The van der Waals surface area contributed by atoms with Gasteiger partial charge in [-0.15, -0.1) is 71.8 Å². The summed E-state index contributed by atoms with van der Waals surface area (Å²) in [7, 11) is 0. The third kappa shape index (κ3) is 6.25. The van der Waals surface area contributed by atoms with Gasteiger partial charge in [0.15, 0.2) is 0 Å². The molecule has 0 aliphatic rings. The molecule has 0 spiro atoms. The first-order chi connectivity index (χ1) is 26.8. The number of rotatable bonds is 6. The first kappa shape index (κ1) is 34.3. The topological polar surface area (TPSA) is 25.8 Å². The zero-order valence-electron chi connectivity index (χ0n) is 29.7. The van der Waals surface area contributed by atoms with E-state index in [-0.39, 0.29) is 21.1 Å². The Morgan fingerprint density at radius 2 is 0.709 bits per heavy atom. The summed E-state index contributed by atoms with van der Waals surface area (Å²) in [4.78, 5) is 11.0. The van der Waals surface area contributed by atoms with Crippen molar-refractivity contribution >= 4 is 54.2 Å². The van der Waals surface area contributed by atoms with Crippen LogP contribution >= 0.6 is 0 Å². The van der Waals surface area contributed by atoms with E-state index < -0.39 is 0 Å². The first-order valence-corrected chi connectivity index (χ1v) is 18.3. The Morgan fingerprint density at radius 1 is 0.345 bits per heavy atom. The predicted molar refractivity (Wildman–Crippen MR) is 225 cm³/mol. The molecule has 10 rings (SSSR count). The van der Waals surface area contributed by atoms with Gasteiger partial charge in [0, 0.05) is 11.1 Å². The Labute approximate surface area is 334 Å². The number of pyridine rings is 2. The Hall–Kier alpha value is -6.47. The molecule has 8 aromatic carbocycles. The van der Waals surface area contributed by atoms with Gasteiger partial charge in [-0.2, -0.15) is 0 Å². The number of hydrogen-bond donors (Lipinski definition) is 0. The third-order valence-electron chi connectivity index (χ3n) is 10.3. The SMILES string of the molecule is [Pt+2].[c-]1ccccc1-c1cccc(C(=C(c2c3ccccc3cc3ccccc23)c2c3ccccc3cc3ccccc23)c2cccc(-c3[c-]cccc3)n2)n1. The predicted octanol–water partition coefficient (Wildman–Crippen LogP) is 13.0. The van der Waals surface area contributed by atoms with E-state index in [4.69, 9.17) is 9.97 Å². The van der Waals surface area contributed by atoms with Crippen LogP contribution in [0, 0.1) is 12.1 Å². The molecule has 10 aromatic rings. The van der Waals surface area contributed by atoms with Crippen LogP contribution in [-0.2, 0) is 21.1 Å². The van der Waals surface area contributed by atoms with Crippen molar-refractivity contribution in [3.05, 3.63) is 229 Å². The van der Waals surface area contributed by atoms with E-state index in [0.717, 1.165) is 56.2 Å². The maximum absolute atomic E-state index is 5.48. The van der Waals surface area contributed by atoms with Crippen molar-refractivity contribution in [2.24, 2.45) is 0 Å². The fourth-order valence-electron chi connectivity index (χ4n) is 7.88. The van der Waals surface area contributed by atoms with Crippen molar-refractivity contribution in [3.63, 3.8) is 0 Å². The second-order valence-electron chi connectivity index (χ2n) is 13.5. The van der Waals surface area contributed by atoms with Gasteiger partial charge in [0.05, 0.1) is 11.4 Å². The van der Waals surface area contributed by atoms with Crippen molar-refractivity contribution in [2.75, 3.05) is 0 Å². The van der Waals surface area contributed by atoms with Crippen LogP contribution in [0.5, 0.6) is 0 Å². The van der Waals surface area contributed by atoms with Crippen molar-refractivity contribution in [1.82, 2.24) is 9.97 Å². The summed E-state index contributed by atoms with van der Waals surface area (Å²) in [6, 6.07) is 75.1. The van der Waals surface area contributed by atoms with Crippen LogP contribution < -0.4 is 0 Å². The van der Waals surface area contributed by atoms with Gasteiger partial charge in [-0.1, -0.05) is 121 Å². The summed E-state index contributed by atoms with van der Waals surface area (Å²) in [5.74, 6) is 0. The molecular weight excluding hydrogens is 848 g/mol. The van der Waals surface area contributed by atoms with Gasteiger partial charge in [-0.3, -0.25) is 9.97 Å². The minimum absolute atomic E-state index is 0. The van der Waals surface area contributed by atoms with Crippen LogP contribution in [0.1, 0.15) is 22.5 Å². The van der Waals surface area contributed by atoms with E-state index in [1.807, 2.05) is 36.4 Å². The second-order valence-corrected chi connectivity index (χ2v) is 13.5. The number of benzene rings is 8. The summed E-state index contributed by atoms with van der Waals surface area (Å²) in [6.45, 7) is 0. The number of fused-ring (bicyclic) bond motifs is 4. The van der Waals surface area contributed by atoms with Gasteiger partial charge < -0.3 is 0 Å². The van der Waals surface area contributed by atoms with Gasteiger partial charge in [0.2, 0.25) is 0 Å². The van der Waals surface area contributed by atoms with E-state index in [2.05, 4.69) is 170 Å². The maximum Gasteiger partial charge on any atom is 2.00 e. The average molecular weight is 880 g/mol. The zero-order valence-corrected chi connectivity index (χ0v) is 32.0. The number of aromatic nitrogens is 2. The molecule has 0 N–H and O–H groups in total. The van der Waals surface area contributed by atoms with Crippen LogP contribution in [0.2, 0.25) is 0 Å². The zero-order chi connectivity index (χ0) is 35.8. The van der Waals surface area contributed by atoms with Crippen LogP contribution in [0.4, 0.5) is 0 Å². The third-order valence-corrected chi connectivity index (χ3v) is 10.3. The van der Waals surface area contributed by atoms with E-state index in [0.29, 0.717) is 0 Å². The van der Waals surface area contributed by atoms with Crippen molar-refractivity contribution in [2.45, 2.75) is 0 Å². The van der Waals surface area contributed by atoms with Gasteiger partial charge in [-0.25, -0.2) is 0 Å². The van der Waals surface area contributed by atoms with Crippen LogP contribution in [-0.4, -0.2) is 9.97 Å². The fourth-order valence-corrected chi connectivity index (χ4v) is 7.88. The molecule has 0 aliphatic heterocycles. The largest absolute Gasteiger partial charge is 2.00 e. The summed E-state index contributed by atoms with van der Waals surface area (Å²) in [6.07, 6.45) is 0. The quantitative estimate of drug-likeness (QED) is 0.123. The molecule has 0 saturated carbocycles. The van der Waals surface area contributed by atoms with Crippen LogP contribution in [0.15, 0.2) is 194 Å². The summed E-state index contributed by atoms with van der Waals surface area (Å²) < 4.78 is 0. The monoisotopic (exact) mass is 879 g/mol. The van der Waals surface area contributed by atoms with Gasteiger partial charge in [0.1, 0.15) is 0 Å². The molecule has 0 atom stereocenters. The molecule has 3 heteroatoms. The van der Waals surface area contributed by atoms with Crippen molar-refractivity contribution in [1.29, 1.82) is 0 Å². The van der Waals surface area contributed by atoms with Gasteiger partial charge in [0.25, 0.3) is 0 Å². The molecule has 0 radical (unpaired) electrons. The standard InChI is InChI=1S/C52H32N2.Pt/c1-3-17-35(18-4-1)45-29-15-31-47(53-45)51(48-32-16-30-46(54-48)36-19-5-2-6-20-36)52(49-41-25-11-7-21-37(41)33-38-22-8-12-26-42(38)49)50-43-27-13-9-23-39(43)34-40-24-10-14-28-44(40)50;/h1-17,19,21-34H;/q-2;+2. The number of hydrogen-bond acceptors (Lipinski definition) is 2.